The third-order valence-corrected chi connectivity index (χ3v) is 4.59. The maximum Gasteiger partial charge on any atom is 0.223 e. The maximum absolute atomic E-state index is 12.1. The Kier molecular flexibility index (Phi) is 5.01. The summed E-state index contributed by atoms with van der Waals surface area (Å²) in [7, 11) is 0. The minimum Gasteiger partial charge on any atom is -0.340 e. The molecule has 0 bridgehead atoms. The summed E-state index contributed by atoms with van der Waals surface area (Å²) in [6.45, 7) is 10.4. The van der Waals surface area contributed by atoms with Crippen molar-refractivity contribution in [3.8, 4) is 0 Å². The SMILES string of the molecule is CC1CCCN(CCC(=O)N2CCNCC2)C1C. The highest BCUT2D eigenvalue weighted by Gasteiger charge is 2.25. The normalized spacial score (nSPS) is 30.4. The average molecular weight is 253 g/mol. The second-order valence-electron chi connectivity index (χ2n) is 5.78. The fourth-order valence-electron chi connectivity index (χ4n) is 3.05. The van der Waals surface area contributed by atoms with Gasteiger partial charge in [-0.25, -0.2) is 0 Å². The summed E-state index contributed by atoms with van der Waals surface area (Å²) in [5.41, 5.74) is 0. The van der Waals surface area contributed by atoms with Crippen LogP contribution in [0.2, 0.25) is 0 Å². The van der Waals surface area contributed by atoms with Crippen molar-refractivity contribution in [3.05, 3.63) is 0 Å². The second kappa shape index (κ2) is 6.53. The van der Waals surface area contributed by atoms with Gasteiger partial charge in [-0.3, -0.25) is 9.69 Å². The van der Waals surface area contributed by atoms with Crippen LogP contribution in [0, 0.1) is 5.92 Å². The number of piperazine rings is 1. The van der Waals surface area contributed by atoms with E-state index in [1.807, 2.05) is 4.90 Å². The van der Waals surface area contributed by atoms with Crippen molar-refractivity contribution in [1.29, 1.82) is 0 Å². The Bertz CT molecular complexity index is 276. The molecule has 2 saturated heterocycles. The lowest BCUT2D eigenvalue weighted by Crippen LogP contribution is -2.48. The molecule has 2 fully saturated rings. The van der Waals surface area contributed by atoms with Crippen LogP contribution in [0.1, 0.15) is 33.1 Å². The molecule has 0 saturated carbocycles. The first-order chi connectivity index (χ1) is 8.68. The number of nitrogens with one attached hydrogen (secondary N) is 1. The standard InChI is InChI=1S/C14H27N3O/c1-12-4-3-8-16(13(12)2)9-5-14(18)17-10-6-15-7-11-17/h12-13,15H,3-11H2,1-2H3. The van der Waals surface area contributed by atoms with E-state index in [0.717, 1.165) is 38.6 Å². The van der Waals surface area contributed by atoms with Crippen molar-refractivity contribution in [2.24, 2.45) is 5.92 Å². The molecule has 104 valence electrons. The highest BCUT2D eigenvalue weighted by atomic mass is 16.2. The molecule has 2 atom stereocenters. The Hall–Kier alpha value is -0.610. The Morgan fingerprint density at radius 1 is 1.22 bits per heavy atom. The number of likely N-dealkylation sites (tertiary alicyclic amines) is 1. The Balaban J connectivity index is 1.74. The number of rotatable bonds is 3. The summed E-state index contributed by atoms with van der Waals surface area (Å²) in [4.78, 5) is 16.6. The van der Waals surface area contributed by atoms with Crippen molar-refractivity contribution in [2.75, 3.05) is 39.3 Å². The van der Waals surface area contributed by atoms with Gasteiger partial charge in [0.05, 0.1) is 0 Å². The van der Waals surface area contributed by atoms with Gasteiger partial charge in [0.2, 0.25) is 5.91 Å². The lowest BCUT2D eigenvalue weighted by molar-refractivity contribution is -0.132. The Morgan fingerprint density at radius 2 is 1.94 bits per heavy atom. The van der Waals surface area contributed by atoms with Gasteiger partial charge in [-0.2, -0.15) is 0 Å². The highest BCUT2D eigenvalue weighted by molar-refractivity contribution is 5.76. The summed E-state index contributed by atoms with van der Waals surface area (Å²) >= 11 is 0. The van der Waals surface area contributed by atoms with E-state index in [4.69, 9.17) is 0 Å². The maximum atomic E-state index is 12.1. The molecule has 2 unspecified atom stereocenters. The zero-order valence-electron chi connectivity index (χ0n) is 11.8. The van der Waals surface area contributed by atoms with E-state index in [1.54, 1.807) is 0 Å². The molecule has 4 nitrogen and oxygen atoms in total. The van der Waals surface area contributed by atoms with Gasteiger partial charge < -0.3 is 10.2 Å². The summed E-state index contributed by atoms with van der Waals surface area (Å²) in [6.07, 6.45) is 3.31. The molecule has 4 heteroatoms. The molecule has 0 aromatic carbocycles. The van der Waals surface area contributed by atoms with Crippen molar-refractivity contribution in [1.82, 2.24) is 15.1 Å². The van der Waals surface area contributed by atoms with E-state index in [2.05, 4.69) is 24.1 Å². The van der Waals surface area contributed by atoms with Gasteiger partial charge in [0.25, 0.3) is 0 Å². The van der Waals surface area contributed by atoms with Gasteiger partial charge in [0.1, 0.15) is 0 Å². The van der Waals surface area contributed by atoms with E-state index in [-0.39, 0.29) is 0 Å². The number of piperidine rings is 1. The first-order valence-corrected chi connectivity index (χ1v) is 7.41. The number of hydrogen-bond acceptors (Lipinski definition) is 3. The summed E-state index contributed by atoms with van der Waals surface area (Å²) in [6, 6.07) is 0.634. The molecule has 2 rings (SSSR count). The van der Waals surface area contributed by atoms with E-state index >= 15 is 0 Å². The van der Waals surface area contributed by atoms with Crippen LogP contribution in [0.15, 0.2) is 0 Å². The van der Waals surface area contributed by atoms with Gasteiger partial charge in [0, 0.05) is 45.2 Å². The zero-order chi connectivity index (χ0) is 13.0. The first-order valence-electron chi connectivity index (χ1n) is 7.41. The number of nitrogens with zero attached hydrogens (tertiary/aromatic N) is 2. The van der Waals surface area contributed by atoms with Crippen LogP contribution in [0.25, 0.3) is 0 Å². The molecule has 0 spiro atoms. The Morgan fingerprint density at radius 3 is 2.67 bits per heavy atom. The predicted molar refractivity (Wildman–Crippen MR) is 73.5 cm³/mol. The third-order valence-electron chi connectivity index (χ3n) is 4.59. The molecular weight excluding hydrogens is 226 g/mol. The van der Waals surface area contributed by atoms with Crippen LogP contribution in [0.4, 0.5) is 0 Å². The number of amides is 1. The van der Waals surface area contributed by atoms with Gasteiger partial charge >= 0.3 is 0 Å². The molecule has 0 aromatic heterocycles. The predicted octanol–water partition coefficient (Wildman–Crippen LogP) is 0.929. The van der Waals surface area contributed by atoms with E-state index in [1.165, 1.54) is 19.4 Å². The number of carbonyl (C=O) groups excluding carboxylic acids is 1. The topological polar surface area (TPSA) is 35.6 Å². The molecule has 0 radical (unpaired) electrons. The second-order valence-corrected chi connectivity index (χ2v) is 5.78. The van der Waals surface area contributed by atoms with E-state index in [9.17, 15) is 4.79 Å². The molecule has 0 aromatic rings. The average Bonchev–Trinajstić information content (AvgIpc) is 2.41. The summed E-state index contributed by atoms with van der Waals surface area (Å²) in [5, 5.41) is 3.28. The largest absolute Gasteiger partial charge is 0.340 e. The van der Waals surface area contributed by atoms with Gasteiger partial charge in [-0.1, -0.05) is 6.92 Å². The fraction of sp³-hybridized carbons (Fsp3) is 0.929. The zero-order valence-corrected chi connectivity index (χ0v) is 11.8. The molecule has 18 heavy (non-hydrogen) atoms. The van der Waals surface area contributed by atoms with Crippen molar-refractivity contribution in [3.63, 3.8) is 0 Å². The quantitative estimate of drug-likeness (QED) is 0.813. The minimum atomic E-state index is 0.335. The molecular formula is C14H27N3O. The van der Waals surface area contributed by atoms with Gasteiger partial charge in [0.15, 0.2) is 0 Å². The number of carbonyl (C=O) groups is 1. The number of hydrogen-bond donors (Lipinski definition) is 1. The van der Waals surface area contributed by atoms with Crippen LogP contribution < -0.4 is 5.32 Å². The fourth-order valence-corrected chi connectivity index (χ4v) is 3.05. The van der Waals surface area contributed by atoms with Crippen LogP contribution >= 0.6 is 0 Å². The van der Waals surface area contributed by atoms with Crippen molar-refractivity contribution in [2.45, 2.75) is 39.2 Å². The van der Waals surface area contributed by atoms with Gasteiger partial charge in [-0.05, 0) is 32.2 Å². The lowest BCUT2D eigenvalue weighted by Gasteiger charge is -2.38. The summed E-state index contributed by atoms with van der Waals surface area (Å²) in [5.74, 6) is 1.11. The van der Waals surface area contributed by atoms with Crippen molar-refractivity contribution < 1.29 is 4.79 Å². The third kappa shape index (κ3) is 3.45. The van der Waals surface area contributed by atoms with Crippen molar-refractivity contribution >= 4 is 5.91 Å². The Labute approximate surface area is 111 Å². The van der Waals surface area contributed by atoms with Crippen LogP contribution in [0.5, 0.6) is 0 Å². The monoisotopic (exact) mass is 253 g/mol. The minimum absolute atomic E-state index is 0.335. The summed E-state index contributed by atoms with van der Waals surface area (Å²) < 4.78 is 0. The molecule has 2 aliphatic heterocycles. The van der Waals surface area contributed by atoms with Crippen LogP contribution in [-0.4, -0.2) is 61.0 Å². The van der Waals surface area contributed by atoms with Crippen LogP contribution in [0.3, 0.4) is 0 Å². The lowest BCUT2D eigenvalue weighted by atomic mass is 9.92. The van der Waals surface area contributed by atoms with Gasteiger partial charge in [-0.15, -0.1) is 0 Å². The smallest absolute Gasteiger partial charge is 0.223 e. The molecule has 1 amide bonds. The first kappa shape index (κ1) is 13.8. The molecule has 1 N–H and O–H groups in total. The highest BCUT2D eigenvalue weighted by Crippen LogP contribution is 2.22. The molecule has 2 aliphatic rings. The molecule has 0 aliphatic carbocycles. The van der Waals surface area contributed by atoms with Crippen LogP contribution in [-0.2, 0) is 4.79 Å². The van der Waals surface area contributed by atoms with E-state index in [0.29, 0.717) is 18.4 Å². The van der Waals surface area contributed by atoms with E-state index < -0.39 is 0 Å². The molecule has 2 heterocycles.